The van der Waals surface area contributed by atoms with E-state index in [0.29, 0.717) is 29.0 Å². The Labute approximate surface area is 163 Å². The number of hydrogen-bond acceptors (Lipinski definition) is 3. The highest BCUT2D eigenvalue weighted by Crippen LogP contribution is 2.42. The average Bonchev–Trinajstić information content (AvgIpc) is 2.89. The van der Waals surface area contributed by atoms with Crippen molar-refractivity contribution >= 4 is 34.5 Å². The number of amides is 1. The van der Waals surface area contributed by atoms with Crippen LogP contribution in [0.25, 0.3) is 5.57 Å². The van der Waals surface area contributed by atoms with Crippen LogP contribution in [0.2, 0.25) is 5.02 Å². The van der Waals surface area contributed by atoms with Crippen molar-refractivity contribution in [3.63, 3.8) is 0 Å². The van der Waals surface area contributed by atoms with Gasteiger partial charge in [0.05, 0.1) is 16.8 Å². The summed E-state index contributed by atoms with van der Waals surface area (Å²) in [7, 11) is 0. The third-order valence-corrected chi connectivity index (χ3v) is 5.70. The largest absolute Gasteiger partial charge is 0.509 e. The number of nitrogens with one attached hydrogen (secondary N) is 1. The summed E-state index contributed by atoms with van der Waals surface area (Å²) in [5.41, 5.74) is 3.20. The smallest absolute Gasteiger partial charge is 0.256 e. The third kappa shape index (κ3) is 3.26. The molecular formula is C22H21ClN2O2. The molecule has 2 aromatic carbocycles. The monoisotopic (exact) mass is 380 g/mol. The minimum absolute atomic E-state index is 0.108. The van der Waals surface area contributed by atoms with Crippen LogP contribution in [-0.4, -0.2) is 22.3 Å². The Balaban J connectivity index is 1.61. The molecular weight excluding hydrogens is 360 g/mol. The van der Waals surface area contributed by atoms with Gasteiger partial charge in [0.2, 0.25) is 0 Å². The highest BCUT2D eigenvalue weighted by Gasteiger charge is 2.47. The van der Waals surface area contributed by atoms with E-state index in [9.17, 15) is 9.90 Å². The molecule has 1 heterocycles. The quantitative estimate of drug-likeness (QED) is 0.758. The molecule has 0 radical (unpaired) electrons. The molecule has 0 bridgehead atoms. The summed E-state index contributed by atoms with van der Waals surface area (Å²) in [6.45, 7) is 1.94. The first-order valence-electron chi connectivity index (χ1n) is 9.13. The summed E-state index contributed by atoms with van der Waals surface area (Å²) in [5.74, 6) is -0.154. The molecule has 0 unspecified atom stereocenters. The van der Waals surface area contributed by atoms with Gasteiger partial charge in [0.25, 0.3) is 5.91 Å². The van der Waals surface area contributed by atoms with Gasteiger partial charge in [-0.3, -0.25) is 9.79 Å². The van der Waals surface area contributed by atoms with E-state index in [-0.39, 0.29) is 11.7 Å². The molecule has 2 N–H and O–H groups in total. The van der Waals surface area contributed by atoms with Crippen molar-refractivity contribution < 1.29 is 9.90 Å². The first kappa shape index (κ1) is 17.8. The predicted molar refractivity (Wildman–Crippen MR) is 109 cm³/mol. The van der Waals surface area contributed by atoms with Crippen molar-refractivity contribution in [1.82, 2.24) is 5.32 Å². The lowest BCUT2D eigenvalue weighted by Crippen LogP contribution is -2.47. The molecule has 138 valence electrons. The van der Waals surface area contributed by atoms with Gasteiger partial charge in [0, 0.05) is 16.3 Å². The Morgan fingerprint density at radius 2 is 1.81 bits per heavy atom. The highest BCUT2D eigenvalue weighted by molar-refractivity contribution is 6.35. The maximum absolute atomic E-state index is 12.7. The summed E-state index contributed by atoms with van der Waals surface area (Å²) >= 11 is 6.34. The number of aliphatic imine (C=N–C) groups is 1. The first-order valence-corrected chi connectivity index (χ1v) is 9.50. The van der Waals surface area contributed by atoms with E-state index in [4.69, 9.17) is 16.6 Å². The lowest BCUT2D eigenvalue weighted by molar-refractivity contribution is -0.116. The molecule has 1 spiro atoms. The van der Waals surface area contributed by atoms with E-state index in [2.05, 4.69) is 5.32 Å². The van der Waals surface area contributed by atoms with Gasteiger partial charge in [-0.05, 0) is 56.4 Å². The van der Waals surface area contributed by atoms with E-state index < -0.39 is 5.54 Å². The van der Waals surface area contributed by atoms with E-state index >= 15 is 0 Å². The van der Waals surface area contributed by atoms with E-state index in [1.807, 2.05) is 43.3 Å². The molecule has 2 aromatic rings. The van der Waals surface area contributed by atoms with Crippen LogP contribution in [-0.2, 0) is 4.79 Å². The molecule has 1 aliphatic heterocycles. The molecule has 27 heavy (non-hydrogen) atoms. The zero-order chi connectivity index (χ0) is 19.0. The Hall–Kier alpha value is -2.59. The number of rotatable bonds is 2. The van der Waals surface area contributed by atoms with Crippen LogP contribution >= 0.6 is 11.6 Å². The van der Waals surface area contributed by atoms with Crippen LogP contribution < -0.4 is 5.32 Å². The summed E-state index contributed by atoms with van der Waals surface area (Å²) in [5, 5.41) is 14.5. The fraction of sp³-hybridized carbons (Fsp3) is 0.273. The summed E-state index contributed by atoms with van der Waals surface area (Å²) in [4.78, 5) is 17.4. The Bertz CT molecular complexity index is 954. The third-order valence-electron chi connectivity index (χ3n) is 5.39. The van der Waals surface area contributed by atoms with Crippen LogP contribution in [0.1, 0.15) is 36.8 Å². The Kier molecular flexibility index (Phi) is 4.52. The van der Waals surface area contributed by atoms with Crippen LogP contribution in [0.4, 0.5) is 5.69 Å². The number of aryl methyl sites for hydroxylation is 1. The lowest BCUT2D eigenvalue weighted by atomic mass is 9.79. The molecule has 0 atom stereocenters. The molecule has 4 rings (SSSR count). The van der Waals surface area contributed by atoms with Gasteiger partial charge in [-0.2, -0.15) is 0 Å². The van der Waals surface area contributed by atoms with Gasteiger partial charge in [0.1, 0.15) is 5.76 Å². The molecule has 4 nitrogen and oxygen atoms in total. The molecule has 2 aliphatic rings. The van der Waals surface area contributed by atoms with Crippen molar-refractivity contribution in [2.45, 2.75) is 38.1 Å². The van der Waals surface area contributed by atoms with Crippen LogP contribution in [0.5, 0.6) is 0 Å². The second kappa shape index (κ2) is 6.86. The van der Waals surface area contributed by atoms with Crippen molar-refractivity contribution in [1.29, 1.82) is 0 Å². The van der Waals surface area contributed by atoms with Gasteiger partial charge in [0.15, 0.2) is 0 Å². The number of carbonyl (C=O) groups is 1. The van der Waals surface area contributed by atoms with Crippen molar-refractivity contribution in [3.8, 4) is 0 Å². The molecule has 0 aromatic heterocycles. The normalized spacial score (nSPS) is 22.3. The Morgan fingerprint density at radius 3 is 2.48 bits per heavy atom. The standard InChI is InChI=1S/C22H21ClN2O2/c1-14-7-8-17(18(23)13-14)19-20(26)22(25-21(19)27)11-9-16(10-12-22)24-15-5-3-2-4-6-15/h2-8,13,26H,9-12H2,1H3,(H,25,27). The van der Waals surface area contributed by atoms with E-state index in [0.717, 1.165) is 29.8 Å². The number of nitrogens with zero attached hydrogens (tertiary/aromatic N) is 1. The zero-order valence-corrected chi connectivity index (χ0v) is 15.9. The molecule has 1 saturated carbocycles. The summed E-state index contributed by atoms with van der Waals surface area (Å²) in [6.07, 6.45) is 2.72. The maximum Gasteiger partial charge on any atom is 0.256 e. The number of carbonyl (C=O) groups excluding carboxylic acids is 1. The van der Waals surface area contributed by atoms with Crippen molar-refractivity contribution in [2.24, 2.45) is 4.99 Å². The Morgan fingerprint density at radius 1 is 1.11 bits per heavy atom. The van der Waals surface area contributed by atoms with Crippen molar-refractivity contribution in [3.05, 3.63) is 70.4 Å². The lowest BCUT2D eigenvalue weighted by Gasteiger charge is -2.34. The minimum atomic E-state index is -0.712. The number of aliphatic hydroxyl groups excluding tert-OH is 1. The summed E-state index contributed by atoms with van der Waals surface area (Å²) < 4.78 is 0. The van der Waals surface area contributed by atoms with Gasteiger partial charge in [-0.25, -0.2) is 0 Å². The SMILES string of the molecule is Cc1ccc(C2=C(O)C3(CCC(=Nc4ccccc4)CC3)NC2=O)c(Cl)c1. The van der Waals surface area contributed by atoms with Gasteiger partial charge >= 0.3 is 0 Å². The maximum atomic E-state index is 12.7. The fourth-order valence-electron chi connectivity index (χ4n) is 3.88. The van der Waals surface area contributed by atoms with Gasteiger partial charge in [-0.15, -0.1) is 0 Å². The van der Waals surface area contributed by atoms with Crippen LogP contribution in [0, 0.1) is 6.92 Å². The second-order valence-electron chi connectivity index (χ2n) is 7.26. The molecule has 1 aliphatic carbocycles. The fourth-order valence-corrected chi connectivity index (χ4v) is 4.21. The number of hydrogen-bond donors (Lipinski definition) is 2. The molecule has 0 saturated heterocycles. The zero-order valence-electron chi connectivity index (χ0n) is 15.1. The number of aliphatic hydroxyl groups is 1. The summed E-state index contributed by atoms with van der Waals surface area (Å²) in [6, 6.07) is 15.3. The topological polar surface area (TPSA) is 61.7 Å². The molecule has 5 heteroatoms. The number of halogens is 1. The molecule has 1 fully saturated rings. The minimum Gasteiger partial charge on any atom is -0.509 e. The molecule has 1 amide bonds. The van der Waals surface area contributed by atoms with Crippen molar-refractivity contribution in [2.75, 3.05) is 0 Å². The van der Waals surface area contributed by atoms with E-state index in [1.54, 1.807) is 12.1 Å². The van der Waals surface area contributed by atoms with E-state index in [1.165, 1.54) is 0 Å². The second-order valence-corrected chi connectivity index (χ2v) is 7.66. The van der Waals surface area contributed by atoms with Gasteiger partial charge < -0.3 is 10.4 Å². The number of benzene rings is 2. The van der Waals surface area contributed by atoms with Gasteiger partial charge in [-0.1, -0.05) is 41.9 Å². The van der Waals surface area contributed by atoms with Crippen LogP contribution in [0.3, 0.4) is 0 Å². The predicted octanol–water partition coefficient (Wildman–Crippen LogP) is 5.13. The highest BCUT2D eigenvalue weighted by atomic mass is 35.5. The number of para-hydroxylation sites is 1. The van der Waals surface area contributed by atoms with Crippen LogP contribution in [0.15, 0.2) is 59.3 Å². The average molecular weight is 381 g/mol. The first-order chi connectivity index (χ1) is 13.0.